The molecule has 0 saturated carbocycles. The number of oxazole rings is 1. The molecule has 0 unspecified atom stereocenters. The number of hydrogen-bond acceptors (Lipinski definition) is 4. The van der Waals surface area contributed by atoms with Crippen molar-refractivity contribution in [2.45, 2.75) is 0 Å². The van der Waals surface area contributed by atoms with Crippen molar-refractivity contribution in [1.29, 1.82) is 0 Å². The largest absolute Gasteiger partial charge is 0.443 e. The molecular formula is C15H10FN3O2. The lowest BCUT2D eigenvalue weighted by atomic mass is 10.1. The van der Waals surface area contributed by atoms with Gasteiger partial charge in [-0.15, -0.1) is 0 Å². The van der Waals surface area contributed by atoms with Crippen molar-refractivity contribution in [2.24, 2.45) is 0 Å². The molecule has 5 nitrogen and oxygen atoms in total. The van der Waals surface area contributed by atoms with Crippen LogP contribution >= 0.6 is 0 Å². The Balaban J connectivity index is 1.90. The van der Waals surface area contributed by atoms with Gasteiger partial charge in [-0.2, -0.15) is 0 Å². The molecule has 2 aromatic heterocycles. The van der Waals surface area contributed by atoms with E-state index in [4.69, 9.17) is 4.42 Å². The third kappa shape index (κ3) is 2.79. The molecule has 0 aliphatic heterocycles. The first-order valence-corrected chi connectivity index (χ1v) is 6.15. The molecular weight excluding hydrogens is 273 g/mol. The number of carbonyl (C=O) groups excluding carboxylic acids is 1. The second kappa shape index (κ2) is 5.54. The summed E-state index contributed by atoms with van der Waals surface area (Å²) in [5.41, 5.74) is 1.13. The Kier molecular flexibility index (Phi) is 3.42. The van der Waals surface area contributed by atoms with Crippen molar-refractivity contribution in [3.8, 4) is 11.3 Å². The fraction of sp³-hybridized carbons (Fsp3) is 0. The lowest BCUT2D eigenvalue weighted by Gasteiger charge is -2.04. The standard InChI is InChI=1S/C15H10FN3O2/c16-11-3-1-2-10(8-11)14-13(18-9-21-14)15(20)19-12-4-6-17-7-5-12/h1-9H,(H,17,19,20). The van der Waals surface area contributed by atoms with Gasteiger partial charge in [-0.3, -0.25) is 9.78 Å². The average molecular weight is 283 g/mol. The number of amides is 1. The second-order valence-electron chi connectivity index (χ2n) is 4.23. The smallest absolute Gasteiger partial charge is 0.278 e. The molecule has 0 radical (unpaired) electrons. The fourth-order valence-corrected chi connectivity index (χ4v) is 1.87. The monoisotopic (exact) mass is 283 g/mol. The number of anilines is 1. The summed E-state index contributed by atoms with van der Waals surface area (Å²) in [6.45, 7) is 0. The van der Waals surface area contributed by atoms with Crippen LogP contribution in [0.4, 0.5) is 10.1 Å². The van der Waals surface area contributed by atoms with Gasteiger partial charge in [0.05, 0.1) is 0 Å². The zero-order chi connectivity index (χ0) is 14.7. The predicted octanol–water partition coefficient (Wildman–Crippen LogP) is 3.13. The van der Waals surface area contributed by atoms with Crippen molar-refractivity contribution in [3.63, 3.8) is 0 Å². The first-order valence-electron chi connectivity index (χ1n) is 6.15. The second-order valence-corrected chi connectivity index (χ2v) is 4.23. The number of rotatable bonds is 3. The number of carbonyl (C=O) groups is 1. The summed E-state index contributed by atoms with van der Waals surface area (Å²) in [7, 11) is 0. The van der Waals surface area contributed by atoms with Crippen molar-refractivity contribution in [1.82, 2.24) is 9.97 Å². The van der Waals surface area contributed by atoms with Crippen molar-refractivity contribution < 1.29 is 13.6 Å². The van der Waals surface area contributed by atoms with E-state index in [1.165, 1.54) is 18.2 Å². The highest BCUT2D eigenvalue weighted by Crippen LogP contribution is 2.24. The van der Waals surface area contributed by atoms with Crippen LogP contribution in [0.5, 0.6) is 0 Å². The molecule has 0 saturated heterocycles. The topological polar surface area (TPSA) is 68.0 Å². The number of aromatic nitrogens is 2. The Labute approximate surface area is 119 Å². The molecule has 1 aromatic carbocycles. The Hall–Kier alpha value is -3.02. The van der Waals surface area contributed by atoms with Gasteiger partial charge in [0.1, 0.15) is 5.82 Å². The normalized spacial score (nSPS) is 10.3. The molecule has 104 valence electrons. The van der Waals surface area contributed by atoms with E-state index in [1.807, 2.05) is 0 Å². The van der Waals surface area contributed by atoms with Gasteiger partial charge in [-0.05, 0) is 24.3 Å². The van der Waals surface area contributed by atoms with Gasteiger partial charge in [0.25, 0.3) is 5.91 Å². The molecule has 21 heavy (non-hydrogen) atoms. The minimum absolute atomic E-state index is 0.0948. The zero-order valence-corrected chi connectivity index (χ0v) is 10.8. The summed E-state index contributed by atoms with van der Waals surface area (Å²) in [6, 6.07) is 9.09. The molecule has 3 aromatic rings. The van der Waals surface area contributed by atoms with Crippen LogP contribution < -0.4 is 5.32 Å². The van der Waals surface area contributed by atoms with Gasteiger partial charge < -0.3 is 9.73 Å². The Morgan fingerprint density at radius 2 is 2.00 bits per heavy atom. The van der Waals surface area contributed by atoms with Gasteiger partial charge in [-0.25, -0.2) is 9.37 Å². The van der Waals surface area contributed by atoms with Crippen molar-refractivity contribution in [2.75, 3.05) is 5.32 Å². The number of nitrogens with zero attached hydrogens (tertiary/aromatic N) is 2. The third-order valence-electron chi connectivity index (χ3n) is 2.81. The van der Waals surface area contributed by atoms with Gasteiger partial charge in [0.15, 0.2) is 17.8 Å². The summed E-state index contributed by atoms with van der Waals surface area (Å²) in [4.78, 5) is 20.0. The Morgan fingerprint density at radius 1 is 1.19 bits per heavy atom. The van der Waals surface area contributed by atoms with E-state index in [1.54, 1.807) is 30.6 Å². The lowest BCUT2D eigenvalue weighted by Crippen LogP contribution is -2.13. The van der Waals surface area contributed by atoms with Crippen LogP contribution in [0, 0.1) is 5.82 Å². The third-order valence-corrected chi connectivity index (χ3v) is 2.81. The summed E-state index contributed by atoms with van der Waals surface area (Å²) in [5, 5.41) is 2.67. The van der Waals surface area contributed by atoms with Crippen LogP contribution in [0.15, 0.2) is 59.6 Å². The number of nitrogens with one attached hydrogen (secondary N) is 1. The van der Waals surface area contributed by atoms with Crippen molar-refractivity contribution >= 4 is 11.6 Å². The van der Waals surface area contributed by atoms with E-state index in [0.29, 0.717) is 11.3 Å². The molecule has 1 amide bonds. The van der Waals surface area contributed by atoms with Crippen molar-refractivity contribution in [3.05, 3.63) is 66.7 Å². The Bertz CT molecular complexity index is 771. The van der Waals surface area contributed by atoms with E-state index in [9.17, 15) is 9.18 Å². The van der Waals surface area contributed by atoms with E-state index in [0.717, 1.165) is 6.39 Å². The first-order chi connectivity index (χ1) is 10.2. The molecule has 0 spiro atoms. The van der Waals surface area contributed by atoms with Crippen LogP contribution in [0.25, 0.3) is 11.3 Å². The molecule has 2 heterocycles. The zero-order valence-electron chi connectivity index (χ0n) is 10.8. The maximum absolute atomic E-state index is 13.3. The number of pyridine rings is 1. The van der Waals surface area contributed by atoms with Crippen LogP contribution in [0.3, 0.4) is 0 Å². The first kappa shape index (κ1) is 13.0. The molecule has 1 N–H and O–H groups in total. The maximum Gasteiger partial charge on any atom is 0.278 e. The molecule has 0 aliphatic carbocycles. The predicted molar refractivity (Wildman–Crippen MR) is 74.1 cm³/mol. The summed E-state index contributed by atoms with van der Waals surface area (Å²) in [5.74, 6) is -0.625. The minimum atomic E-state index is -0.436. The SMILES string of the molecule is O=C(Nc1ccncc1)c1ncoc1-c1cccc(F)c1. The van der Waals surface area contributed by atoms with E-state index in [-0.39, 0.29) is 11.5 Å². The fourth-order valence-electron chi connectivity index (χ4n) is 1.87. The highest BCUT2D eigenvalue weighted by molar-refractivity contribution is 6.06. The average Bonchev–Trinajstić information content (AvgIpc) is 2.98. The van der Waals surface area contributed by atoms with E-state index in [2.05, 4.69) is 15.3 Å². The van der Waals surface area contributed by atoms with Crippen LogP contribution in [0.1, 0.15) is 10.5 Å². The molecule has 0 bridgehead atoms. The van der Waals surface area contributed by atoms with Gasteiger partial charge in [0.2, 0.25) is 0 Å². The minimum Gasteiger partial charge on any atom is -0.443 e. The lowest BCUT2D eigenvalue weighted by molar-refractivity contribution is 0.102. The van der Waals surface area contributed by atoms with E-state index < -0.39 is 11.7 Å². The molecule has 6 heteroatoms. The summed E-state index contributed by atoms with van der Waals surface area (Å²) >= 11 is 0. The van der Waals surface area contributed by atoms with Crippen LogP contribution in [0.2, 0.25) is 0 Å². The number of halogens is 1. The number of hydrogen-bond donors (Lipinski definition) is 1. The molecule has 3 rings (SSSR count). The van der Waals surface area contributed by atoms with E-state index >= 15 is 0 Å². The molecule has 0 atom stereocenters. The number of benzene rings is 1. The van der Waals surface area contributed by atoms with Crippen LogP contribution in [-0.4, -0.2) is 15.9 Å². The van der Waals surface area contributed by atoms with Crippen LogP contribution in [-0.2, 0) is 0 Å². The highest BCUT2D eigenvalue weighted by Gasteiger charge is 2.18. The Morgan fingerprint density at radius 3 is 2.76 bits per heavy atom. The quantitative estimate of drug-likeness (QED) is 0.801. The highest BCUT2D eigenvalue weighted by atomic mass is 19.1. The molecule has 0 fully saturated rings. The summed E-state index contributed by atoms with van der Waals surface area (Å²) in [6.07, 6.45) is 4.28. The van der Waals surface area contributed by atoms with Gasteiger partial charge in [0, 0.05) is 23.6 Å². The molecule has 0 aliphatic rings. The maximum atomic E-state index is 13.3. The van der Waals surface area contributed by atoms with Gasteiger partial charge >= 0.3 is 0 Å². The van der Waals surface area contributed by atoms with Gasteiger partial charge in [-0.1, -0.05) is 12.1 Å². The summed E-state index contributed by atoms with van der Waals surface area (Å²) < 4.78 is 18.5.